The van der Waals surface area contributed by atoms with Crippen molar-refractivity contribution in [2.45, 2.75) is 154 Å². The average molecular weight is 421 g/mol. The molecule has 3 aliphatic rings. The minimum Gasteiger partial charge on any atom is -0.291 e. The van der Waals surface area contributed by atoms with Crippen molar-refractivity contribution in [2.75, 3.05) is 0 Å². The molecule has 0 saturated carbocycles. The van der Waals surface area contributed by atoms with Gasteiger partial charge in [-0.25, -0.2) is 0 Å². The molecule has 2 heterocycles. The van der Waals surface area contributed by atoms with E-state index in [0.717, 1.165) is 12.8 Å². The molecule has 0 unspecified atom stereocenters. The summed E-state index contributed by atoms with van der Waals surface area (Å²) in [7, 11) is 0. The Morgan fingerprint density at radius 2 is 1.10 bits per heavy atom. The summed E-state index contributed by atoms with van der Waals surface area (Å²) < 4.78 is 0. The molecule has 4 nitrogen and oxygen atoms in total. The van der Waals surface area contributed by atoms with Crippen molar-refractivity contribution in [1.29, 1.82) is 0 Å². The van der Waals surface area contributed by atoms with Gasteiger partial charge in [-0.3, -0.25) is 9.68 Å². The molecule has 174 valence electrons. The van der Waals surface area contributed by atoms with Gasteiger partial charge in [-0.05, 0) is 113 Å². The standard InChI is InChI=1S/C26H48N2O2/c1-23(2)17-13-18-24(3,4)27(23)29-21-15-11-9-10-12-16-22(21)30-28-25(5,6)19-14-20-26(28,7)8/h11,15,21-22H,9-10,12-14,16-20H2,1-8H3/b15-11-/t21-,22-/m1/s1. The summed E-state index contributed by atoms with van der Waals surface area (Å²) >= 11 is 0. The summed E-state index contributed by atoms with van der Waals surface area (Å²) in [5, 5.41) is 4.63. The highest BCUT2D eigenvalue weighted by Crippen LogP contribution is 2.42. The van der Waals surface area contributed by atoms with Crippen LogP contribution < -0.4 is 0 Å². The van der Waals surface area contributed by atoms with Gasteiger partial charge < -0.3 is 0 Å². The lowest BCUT2D eigenvalue weighted by molar-refractivity contribution is -0.354. The molecule has 0 N–H and O–H groups in total. The van der Waals surface area contributed by atoms with E-state index < -0.39 is 0 Å². The fourth-order valence-electron chi connectivity index (χ4n) is 6.12. The minimum absolute atomic E-state index is 0.0339. The SMILES string of the molecule is CC1(C)CCCC(C)(C)N1O[C@@H]1/C=C\CCCC[C@H]1ON1C(C)(C)CCCC1(C)C. The highest BCUT2D eigenvalue weighted by atomic mass is 16.7. The van der Waals surface area contributed by atoms with Gasteiger partial charge in [0.2, 0.25) is 0 Å². The van der Waals surface area contributed by atoms with Crippen LogP contribution in [0.15, 0.2) is 12.2 Å². The fourth-order valence-corrected chi connectivity index (χ4v) is 6.12. The zero-order valence-electron chi connectivity index (χ0n) is 21.1. The third-order valence-corrected chi connectivity index (χ3v) is 7.62. The van der Waals surface area contributed by atoms with Gasteiger partial charge >= 0.3 is 0 Å². The van der Waals surface area contributed by atoms with Crippen molar-refractivity contribution in [1.82, 2.24) is 10.1 Å². The van der Waals surface area contributed by atoms with Crippen LogP contribution in [0.2, 0.25) is 0 Å². The Morgan fingerprint density at radius 3 is 1.60 bits per heavy atom. The van der Waals surface area contributed by atoms with Crippen LogP contribution in [-0.4, -0.2) is 44.5 Å². The summed E-state index contributed by atoms with van der Waals surface area (Å²) in [6, 6.07) is 0. The van der Waals surface area contributed by atoms with Crippen LogP contribution in [0.1, 0.15) is 120 Å². The van der Waals surface area contributed by atoms with Gasteiger partial charge in [0.15, 0.2) is 0 Å². The van der Waals surface area contributed by atoms with E-state index in [9.17, 15) is 0 Å². The maximum absolute atomic E-state index is 6.92. The Morgan fingerprint density at radius 1 is 0.633 bits per heavy atom. The van der Waals surface area contributed by atoms with Crippen LogP contribution in [-0.2, 0) is 9.68 Å². The van der Waals surface area contributed by atoms with E-state index in [1.165, 1.54) is 51.4 Å². The molecular weight excluding hydrogens is 372 g/mol. The molecule has 30 heavy (non-hydrogen) atoms. The molecule has 0 radical (unpaired) electrons. The second-order valence-electron chi connectivity index (χ2n) is 12.5. The molecule has 4 heteroatoms. The number of hydrogen-bond donors (Lipinski definition) is 0. The van der Waals surface area contributed by atoms with Crippen molar-refractivity contribution in [2.24, 2.45) is 0 Å². The number of rotatable bonds is 4. The predicted octanol–water partition coefficient (Wildman–Crippen LogP) is 6.80. The van der Waals surface area contributed by atoms with Crippen LogP contribution in [0.4, 0.5) is 0 Å². The van der Waals surface area contributed by atoms with Gasteiger partial charge in [-0.1, -0.05) is 18.6 Å². The number of allylic oxidation sites excluding steroid dienone is 1. The average Bonchev–Trinajstić information content (AvgIpc) is 2.56. The number of piperidine rings is 2. The van der Waals surface area contributed by atoms with Gasteiger partial charge in [-0.15, -0.1) is 0 Å². The maximum atomic E-state index is 6.92. The molecule has 3 rings (SSSR count). The second-order valence-corrected chi connectivity index (χ2v) is 12.5. The molecule has 0 aromatic heterocycles. The Labute approximate surface area is 186 Å². The van der Waals surface area contributed by atoms with E-state index in [0.29, 0.717) is 0 Å². The van der Waals surface area contributed by atoms with Crippen LogP contribution in [0, 0.1) is 0 Å². The van der Waals surface area contributed by atoms with Gasteiger partial charge in [0.1, 0.15) is 12.2 Å². The van der Waals surface area contributed by atoms with Crippen molar-refractivity contribution >= 4 is 0 Å². The lowest BCUT2D eigenvalue weighted by atomic mass is 9.82. The normalized spacial score (nSPS) is 35.3. The molecule has 0 amide bonds. The Hall–Kier alpha value is -0.420. The third kappa shape index (κ3) is 5.31. The first-order valence-electron chi connectivity index (χ1n) is 12.5. The van der Waals surface area contributed by atoms with Crippen molar-refractivity contribution < 1.29 is 9.68 Å². The molecule has 0 aromatic carbocycles. The lowest BCUT2D eigenvalue weighted by Gasteiger charge is -2.54. The highest BCUT2D eigenvalue weighted by molar-refractivity contribution is 5.00. The zero-order valence-corrected chi connectivity index (χ0v) is 21.1. The van der Waals surface area contributed by atoms with E-state index in [-0.39, 0.29) is 34.4 Å². The van der Waals surface area contributed by atoms with E-state index in [2.05, 4.69) is 77.7 Å². The molecule has 2 atom stereocenters. The Kier molecular flexibility index (Phi) is 7.14. The lowest BCUT2D eigenvalue weighted by Crippen LogP contribution is -2.62. The fraction of sp³-hybridized carbons (Fsp3) is 0.923. The van der Waals surface area contributed by atoms with Gasteiger partial charge in [-0.2, -0.15) is 10.1 Å². The van der Waals surface area contributed by atoms with Crippen LogP contribution in [0.25, 0.3) is 0 Å². The summed E-state index contributed by atoms with van der Waals surface area (Å²) in [4.78, 5) is 13.8. The van der Waals surface area contributed by atoms with Crippen molar-refractivity contribution in [3.63, 3.8) is 0 Å². The summed E-state index contributed by atoms with van der Waals surface area (Å²) in [5.74, 6) is 0. The first kappa shape index (κ1) is 24.2. The third-order valence-electron chi connectivity index (χ3n) is 7.62. The quantitative estimate of drug-likeness (QED) is 0.467. The number of nitrogens with zero attached hydrogens (tertiary/aromatic N) is 2. The monoisotopic (exact) mass is 420 g/mol. The summed E-state index contributed by atoms with van der Waals surface area (Å²) in [6.07, 6.45) is 16.4. The van der Waals surface area contributed by atoms with E-state index in [1.54, 1.807) is 0 Å². The first-order chi connectivity index (χ1) is 13.9. The molecule has 0 aromatic rings. The second kappa shape index (κ2) is 8.84. The van der Waals surface area contributed by atoms with Gasteiger partial charge in [0.25, 0.3) is 0 Å². The number of hydrogen-bond acceptors (Lipinski definition) is 4. The number of hydroxylamine groups is 4. The molecule has 2 saturated heterocycles. The topological polar surface area (TPSA) is 24.9 Å². The predicted molar refractivity (Wildman–Crippen MR) is 125 cm³/mol. The first-order valence-corrected chi connectivity index (χ1v) is 12.5. The summed E-state index contributed by atoms with van der Waals surface area (Å²) in [6.45, 7) is 18.6. The molecule has 0 spiro atoms. The van der Waals surface area contributed by atoms with Crippen molar-refractivity contribution in [3.8, 4) is 0 Å². The maximum Gasteiger partial charge on any atom is 0.126 e. The minimum atomic E-state index is -0.0459. The summed E-state index contributed by atoms with van der Waals surface area (Å²) in [5.41, 5.74) is 0.155. The Balaban J connectivity index is 1.85. The van der Waals surface area contributed by atoms with E-state index >= 15 is 0 Å². The van der Waals surface area contributed by atoms with Gasteiger partial charge in [0.05, 0.1) is 0 Å². The molecule has 2 aliphatic heterocycles. The zero-order chi connectivity index (χ0) is 22.2. The van der Waals surface area contributed by atoms with Crippen LogP contribution >= 0.6 is 0 Å². The molecular formula is C26H48N2O2. The Bertz CT molecular complexity index is 576. The molecule has 0 bridgehead atoms. The molecule has 2 fully saturated rings. The van der Waals surface area contributed by atoms with E-state index in [1.807, 2.05) is 0 Å². The largest absolute Gasteiger partial charge is 0.291 e. The van der Waals surface area contributed by atoms with Gasteiger partial charge in [0, 0.05) is 22.2 Å². The smallest absolute Gasteiger partial charge is 0.126 e. The highest BCUT2D eigenvalue weighted by Gasteiger charge is 2.47. The van der Waals surface area contributed by atoms with E-state index in [4.69, 9.17) is 9.68 Å². The molecule has 1 aliphatic carbocycles. The van der Waals surface area contributed by atoms with Crippen LogP contribution in [0.5, 0.6) is 0 Å². The van der Waals surface area contributed by atoms with Crippen molar-refractivity contribution in [3.05, 3.63) is 12.2 Å². The van der Waals surface area contributed by atoms with Crippen LogP contribution in [0.3, 0.4) is 0 Å².